The Morgan fingerprint density at radius 2 is 1.95 bits per heavy atom. The van der Waals surface area contributed by atoms with Gasteiger partial charge in [-0.2, -0.15) is 4.98 Å². The monoisotopic (exact) mass is 261 g/mol. The molecule has 0 aliphatic rings. The molecule has 5 heteroatoms. The van der Waals surface area contributed by atoms with Gasteiger partial charge in [0.1, 0.15) is 6.61 Å². The van der Waals surface area contributed by atoms with Crippen LogP contribution in [-0.2, 0) is 4.74 Å². The molecule has 0 spiro atoms. The summed E-state index contributed by atoms with van der Waals surface area (Å²) in [5, 5.41) is 1.02. The average Bonchev–Trinajstić information content (AvgIpc) is 2.45. The number of fused-ring (bicyclic) bond motifs is 1. The van der Waals surface area contributed by atoms with Crippen molar-refractivity contribution >= 4 is 10.9 Å². The zero-order valence-electron chi connectivity index (χ0n) is 11.4. The molecule has 0 bridgehead atoms. The number of aromatic nitrogens is 2. The van der Waals surface area contributed by atoms with Crippen molar-refractivity contribution in [3.8, 4) is 6.01 Å². The second-order valence-electron chi connectivity index (χ2n) is 4.36. The molecule has 0 N–H and O–H groups in total. The number of methoxy groups -OCH3 is 1. The van der Waals surface area contributed by atoms with E-state index >= 15 is 0 Å². The Hall–Kier alpha value is -1.72. The molecule has 2 aromatic rings. The van der Waals surface area contributed by atoms with Gasteiger partial charge < -0.3 is 14.4 Å². The van der Waals surface area contributed by atoms with E-state index < -0.39 is 0 Å². The van der Waals surface area contributed by atoms with Gasteiger partial charge in [-0.1, -0.05) is 18.2 Å². The van der Waals surface area contributed by atoms with Gasteiger partial charge in [-0.3, -0.25) is 0 Å². The maximum absolute atomic E-state index is 5.56. The first-order valence-corrected chi connectivity index (χ1v) is 6.31. The Morgan fingerprint density at radius 3 is 2.79 bits per heavy atom. The molecule has 0 unspecified atom stereocenters. The summed E-state index contributed by atoms with van der Waals surface area (Å²) in [5.74, 6) is 0. The highest BCUT2D eigenvalue weighted by atomic mass is 16.5. The zero-order valence-corrected chi connectivity index (χ0v) is 11.4. The Bertz CT molecular complexity index is 519. The molecule has 0 aliphatic carbocycles. The Kier molecular flexibility index (Phi) is 5.06. The van der Waals surface area contributed by atoms with E-state index in [2.05, 4.69) is 14.9 Å². The third kappa shape index (κ3) is 4.15. The summed E-state index contributed by atoms with van der Waals surface area (Å²) in [6.07, 6.45) is 1.78. The van der Waals surface area contributed by atoms with Crippen molar-refractivity contribution in [2.45, 2.75) is 0 Å². The quantitative estimate of drug-likeness (QED) is 0.757. The van der Waals surface area contributed by atoms with Gasteiger partial charge >= 0.3 is 6.01 Å². The second-order valence-corrected chi connectivity index (χ2v) is 4.36. The van der Waals surface area contributed by atoms with Crippen LogP contribution < -0.4 is 4.74 Å². The lowest BCUT2D eigenvalue weighted by atomic mass is 10.2. The van der Waals surface area contributed by atoms with Gasteiger partial charge in [0.25, 0.3) is 0 Å². The fraction of sp³-hybridized carbons (Fsp3) is 0.429. The summed E-state index contributed by atoms with van der Waals surface area (Å²) in [4.78, 5) is 10.7. The van der Waals surface area contributed by atoms with E-state index in [4.69, 9.17) is 9.47 Å². The summed E-state index contributed by atoms with van der Waals surface area (Å²) in [7, 11) is 3.73. The molecule has 0 fully saturated rings. The van der Waals surface area contributed by atoms with Crippen LogP contribution in [-0.4, -0.2) is 55.3 Å². The van der Waals surface area contributed by atoms with Gasteiger partial charge in [-0.15, -0.1) is 0 Å². The summed E-state index contributed by atoms with van der Waals surface area (Å²) >= 11 is 0. The summed E-state index contributed by atoms with van der Waals surface area (Å²) < 4.78 is 10.6. The van der Waals surface area contributed by atoms with Crippen molar-refractivity contribution < 1.29 is 9.47 Å². The minimum atomic E-state index is 0.429. The van der Waals surface area contributed by atoms with Crippen LogP contribution in [0.2, 0.25) is 0 Å². The lowest BCUT2D eigenvalue weighted by Crippen LogP contribution is -2.27. The first-order chi connectivity index (χ1) is 9.29. The standard InChI is InChI=1S/C14H19N3O2/c1-17(7-9-18-2)8-10-19-14-15-11-12-5-3-4-6-13(12)16-14/h3-6,11H,7-10H2,1-2H3. The molecule has 0 atom stereocenters. The van der Waals surface area contributed by atoms with E-state index in [9.17, 15) is 0 Å². The number of nitrogens with zero attached hydrogens (tertiary/aromatic N) is 3. The molecule has 2 rings (SSSR count). The number of rotatable bonds is 7. The van der Waals surface area contributed by atoms with Crippen LogP contribution >= 0.6 is 0 Å². The molecule has 5 nitrogen and oxygen atoms in total. The van der Waals surface area contributed by atoms with E-state index in [0.29, 0.717) is 12.6 Å². The molecule has 1 aromatic carbocycles. The SMILES string of the molecule is COCCN(C)CCOc1ncc2ccccc2n1. The number of hydrogen-bond acceptors (Lipinski definition) is 5. The number of benzene rings is 1. The highest BCUT2D eigenvalue weighted by Crippen LogP contribution is 2.12. The van der Waals surface area contributed by atoms with Gasteiger partial charge in [-0.25, -0.2) is 4.98 Å². The largest absolute Gasteiger partial charge is 0.462 e. The highest BCUT2D eigenvalue weighted by Gasteiger charge is 2.02. The summed E-state index contributed by atoms with van der Waals surface area (Å²) in [5.41, 5.74) is 0.903. The molecule has 0 saturated carbocycles. The summed E-state index contributed by atoms with van der Waals surface area (Å²) in [6, 6.07) is 8.29. The molecule has 1 aromatic heterocycles. The first kappa shape index (κ1) is 13.7. The molecule has 0 amide bonds. The fourth-order valence-corrected chi connectivity index (χ4v) is 1.68. The molecular formula is C14H19N3O2. The van der Waals surface area contributed by atoms with Crippen molar-refractivity contribution in [3.05, 3.63) is 30.5 Å². The maximum Gasteiger partial charge on any atom is 0.316 e. The van der Waals surface area contributed by atoms with E-state index in [1.807, 2.05) is 31.3 Å². The lowest BCUT2D eigenvalue weighted by molar-refractivity contribution is 0.148. The maximum atomic E-state index is 5.56. The molecule has 19 heavy (non-hydrogen) atoms. The Labute approximate surface area is 113 Å². The number of likely N-dealkylation sites (N-methyl/N-ethyl adjacent to an activating group) is 1. The number of ether oxygens (including phenoxy) is 2. The van der Waals surface area contributed by atoms with E-state index in [1.54, 1.807) is 13.3 Å². The van der Waals surface area contributed by atoms with Crippen molar-refractivity contribution in [2.24, 2.45) is 0 Å². The predicted octanol–water partition coefficient (Wildman–Crippen LogP) is 1.59. The number of para-hydroxylation sites is 1. The zero-order chi connectivity index (χ0) is 13.5. The third-order valence-electron chi connectivity index (χ3n) is 2.85. The molecule has 0 saturated heterocycles. The van der Waals surface area contributed by atoms with Crippen molar-refractivity contribution in [3.63, 3.8) is 0 Å². The van der Waals surface area contributed by atoms with E-state index in [1.165, 1.54) is 0 Å². The van der Waals surface area contributed by atoms with Crippen molar-refractivity contribution in [1.82, 2.24) is 14.9 Å². The Morgan fingerprint density at radius 1 is 1.16 bits per heavy atom. The van der Waals surface area contributed by atoms with Crippen LogP contribution in [0.25, 0.3) is 10.9 Å². The van der Waals surface area contributed by atoms with Crippen LogP contribution in [0, 0.1) is 0 Å². The third-order valence-corrected chi connectivity index (χ3v) is 2.85. The topological polar surface area (TPSA) is 47.5 Å². The highest BCUT2D eigenvalue weighted by molar-refractivity contribution is 5.77. The minimum Gasteiger partial charge on any atom is -0.462 e. The summed E-state index contributed by atoms with van der Waals surface area (Å²) in [6.45, 7) is 3.00. The normalized spacial score (nSPS) is 11.1. The van der Waals surface area contributed by atoms with Crippen LogP contribution in [0.15, 0.2) is 30.5 Å². The van der Waals surface area contributed by atoms with Crippen LogP contribution in [0.1, 0.15) is 0 Å². The lowest BCUT2D eigenvalue weighted by Gasteiger charge is -2.15. The van der Waals surface area contributed by atoms with Crippen LogP contribution in [0.3, 0.4) is 0 Å². The van der Waals surface area contributed by atoms with Crippen LogP contribution in [0.4, 0.5) is 0 Å². The molecule has 0 radical (unpaired) electrons. The minimum absolute atomic E-state index is 0.429. The van der Waals surface area contributed by atoms with Crippen molar-refractivity contribution in [2.75, 3.05) is 40.5 Å². The van der Waals surface area contributed by atoms with Gasteiger partial charge in [0, 0.05) is 31.8 Å². The molecule has 0 aliphatic heterocycles. The average molecular weight is 261 g/mol. The fourth-order valence-electron chi connectivity index (χ4n) is 1.68. The molecular weight excluding hydrogens is 242 g/mol. The van der Waals surface area contributed by atoms with Gasteiger partial charge in [0.15, 0.2) is 0 Å². The predicted molar refractivity (Wildman–Crippen MR) is 74.4 cm³/mol. The van der Waals surface area contributed by atoms with Gasteiger partial charge in [0.05, 0.1) is 12.1 Å². The van der Waals surface area contributed by atoms with E-state index in [0.717, 1.165) is 30.6 Å². The van der Waals surface area contributed by atoms with Crippen molar-refractivity contribution in [1.29, 1.82) is 0 Å². The van der Waals surface area contributed by atoms with Gasteiger partial charge in [-0.05, 0) is 13.1 Å². The first-order valence-electron chi connectivity index (χ1n) is 6.31. The molecule has 102 valence electrons. The van der Waals surface area contributed by atoms with Gasteiger partial charge in [0.2, 0.25) is 0 Å². The van der Waals surface area contributed by atoms with E-state index in [-0.39, 0.29) is 0 Å². The van der Waals surface area contributed by atoms with Crippen LogP contribution in [0.5, 0.6) is 6.01 Å². The molecule has 1 heterocycles. The second kappa shape index (κ2) is 7.01. The number of hydrogen-bond donors (Lipinski definition) is 0. The Balaban J connectivity index is 1.84. The smallest absolute Gasteiger partial charge is 0.316 e.